The lowest BCUT2D eigenvalue weighted by Gasteiger charge is -2.10. The first-order valence-electron chi connectivity index (χ1n) is 4.78. The van der Waals surface area contributed by atoms with Crippen molar-refractivity contribution in [2.45, 2.75) is 6.92 Å². The highest BCUT2D eigenvalue weighted by atomic mass is 79.9. The molecular weight excluding hydrogens is 325 g/mol. The first-order valence-corrected chi connectivity index (χ1v) is 6.33. The standard InChI is InChI=1S/C11H8BrCl2N3/c1-6-7(12)3-2-4-9(6)16-10-8(13)5-15-11(14)17-10/h2-5H,1H3,(H,15,16,17). The van der Waals surface area contributed by atoms with Gasteiger partial charge in [-0.15, -0.1) is 0 Å². The number of hydrogen-bond acceptors (Lipinski definition) is 3. The van der Waals surface area contributed by atoms with Crippen LogP contribution in [-0.2, 0) is 0 Å². The molecule has 3 nitrogen and oxygen atoms in total. The van der Waals surface area contributed by atoms with Gasteiger partial charge in [-0.3, -0.25) is 0 Å². The van der Waals surface area contributed by atoms with Crippen molar-refractivity contribution in [3.05, 3.63) is 44.7 Å². The van der Waals surface area contributed by atoms with Crippen molar-refractivity contribution in [1.29, 1.82) is 0 Å². The molecule has 2 aromatic rings. The van der Waals surface area contributed by atoms with Crippen molar-refractivity contribution in [1.82, 2.24) is 9.97 Å². The average molecular weight is 333 g/mol. The van der Waals surface area contributed by atoms with E-state index in [9.17, 15) is 0 Å². The van der Waals surface area contributed by atoms with Gasteiger partial charge in [-0.2, -0.15) is 4.98 Å². The van der Waals surface area contributed by atoms with Gasteiger partial charge in [-0.05, 0) is 36.2 Å². The third-order valence-electron chi connectivity index (χ3n) is 2.24. The number of hydrogen-bond donors (Lipinski definition) is 1. The molecule has 0 spiro atoms. The van der Waals surface area contributed by atoms with E-state index >= 15 is 0 Å². The van der Waals surface area contributed by atoms with Crippen LogP contribution in [-0.4, -0.2) is 9.97 Å². The van der Waals surface area contributed by atoms with Gasteiger partial charge in [0.05, 0.1) is 6.20 Å². The quantitative estimate of drug-likeness (QED) is 0.817. The Morgan fingerprint density at radius 1 is 1.29 bits per heavy atom. The van der Waals surface area contributed by atoms with Crippen molar-refractivity contribution in [3.63, 3.8) is 0 Å². The topological polar surface area (TPSA) is 37.8 Å². The molecule has 1 aromatic carbocycles. The molecule has 0 atom stereocenters. The van der Waals surface area contributed by atoms with Crippen molar-refractivity contribution < 1.29 is 0 Å². The minimum Gasteiger partial charge on any atom is -0.339 e. The van der Waals surface area contributed by atoms with Gasteiger partial charge >= 0.3 is 0 Å². The molecule has 0 radical (unpaired) electrons. The molecular formula is C11H8BrCl2N3. The summed E-state index contributed by atoms with van der Waals surface area (Å²) in [6, 6.07) is 5.83. The van der Waals surface area contributed by atoms with Crippen LogP contribution in [0.15, 0.2) is 28.9 Å². The van der Waals surface area contributed by atoms with Crippen LogP contribution in [0.3, 0.4) is 0 Å². The Labute approximate surface area is 117 Å². The molecule has 2 rings (SSSR count). The van der Waals surface area contributed by atoms with E-state index in [2.05, 4.69) is 31.2 Å². The molecule has 0 aliphatic heterocycles. The molecule has 1 heterocycles. The molecule has 0 bridgehead atoms. The van der Waals surface area contributed by atoms with E-state index in [1.165, 1.54) is 6.20 Å². The average Bonchev–Trinajstić information content (AvgIpc) is 2.30. The van der Waals surface area contributed by atoms with Gasteiger partial charge in [0, 0.05) is 10.2 Å². The summed E-state index contributed by atoms with van der Waals surface area (Å²) in [6.07, 6.45) is 1.46. The van der Waals surface area contributed by atoms with E-state index in [0.29, 0.717) is 10.8 Å². The van der Waals surface area contributed by atoms with Crippen LogP contribution in [0.1, 0.15) is 5.56 Å². The van der Waals surface area contributed by atoms with Gasteiger partial charge < -0.3 is 5.32 Å². The molecule has 0 aliphatic carbocycles. The van der Waals surface area contributed by atoms with Crippen molar-refractivity contribution in [2.24, 2.45) is 0 Å². The summed E-state index contributed by atoms with van der Waals surface area (Å²) in [5.41, 5.74) is 1.98. The van der Waals surface area contributed by atoms with Gasteiger partial charge in [0.15, 0.2) is 5.82 Å². The van der Waals surface area contributed by atoms with Crippen LogP contribution < -0.4 is 5.32 Å². The number of anilines is 2. The Bertz CT molecular complexity index is 560. The molecule has 6 heteroatoms. The molecule has 0 unspecified atom stereocenters. The smallest absolute Gasteiger partial charge is 0.224 e. The highest BCUT2D eigenvalue weighted by molar-refractivity contribution is 9.10. The van der Waals surface area contributed by atoms with Crippen LogP contribution in [0.2, 0.25) is 10.3 Å². The third kappa shape index (κ3) is 2.89. The zero-order chi connectivity index (χ0) is 12.4. The molecule has 0 saturated heterocycles. The number of aromatic nitrogens is 2. The summed E-state index contributed by atoms with van der Waals surface area (Å²) in [6.45, 7) is 1.99. The van der Waals surface area contributed by atoms with Crippen LogP contribution in [0.5, 0.6) is 0 Å². The van der Waals surface area contributed by atoms with Crippen molar-refractivity contribution in [3.8, 4) is 0 Å². The van der Waals surface area contributed by atoms with Crippen LogP contribution in [0, 0.1) is 6.92 Å². The van der Waals surface area contributed by atoms with E-state index in [1.54, 1.807) is 0 Å². The van der Waals surface area contributed by atoms with Gasteiger partial charge in [-0.25, -0.2) is 4.98 Å². The maximum atomic E-state index is 5.98. The summed E-state index contributed by atoms with van der Waals surface area (Å²) < 4.78 is 1.01. The van der Waals surface area contributed by atoms with Gasteiger partial charge in [-0.1, -0.05) is 33.6 Å². The molecule has 1 N–H and O–H groups in total. The number of benzene rings is 1. The Balaban J connectivity index is 2.38. The highest BCUT2D eigenvalue weighted by Crippen LogP contribution is 2.28. The predicted octanol–water partition coefficient (Wildman–Crippen LogP) is 4.60. The number of rotatable bonds is 2. The number of nitrogens with one attached hydrogen (secondary N) is 1. The predicted molar refractivity (Wildman–Crippen MR) is 74.2 cm³/mol. The van der Waals surface area contributed by atoms with Gasteiger partial charge in [0.25, 0.3) is 0 Å². The summed E-state index contributed by atoms with van der Waals surface area (Å²) in [5, 5.41) is 3.71. The molecule has 88 valence electrons. The van der Waals surface area contributed by atoms with Crippen LogP contribution in [0.25, 0.3) is 0 Å². The fourth-order valence-electron chi connectivity index (χ4n) is 1.30. The second-order valence-electron chi connectivity index (χ2n) is 3.37. The second kappa shape index (κ2) is 5.21. The molecule has 17 heavy (non-hydrogen) atoms. The third-order valence-corrected chi connectivity index (χ3v) is 3.55. The van der Waals surface area contributed by atoms with Crippen LogP contribution in [0.4, 0.5) is 11.5 Å². The Hall–Kier alpha value is -0.840. The van der Waals surface area contributed by atoms with E-state index < -0.39 is 0 Å². The van der Waals surface area contributed by atoms with Crippen molar-refractivity contribution >= 4 is 50.6 Å². The molecule has 1 aromatic heterocycles. The molecule has 0 aliphatic rings. The molecule has 0 fully saturated rings. The van der Waals surface area contributed by atoms with Gasteiger partial charge in [0.1, 0.15) is 5.02 Å². The van der Waals surface area contributed by atoms with Gasteiger partial charge in [0.2, 0.25) is 5.28 Å². The largest absolute Gasteiger partial charge is 0.339 e. The molecule has 0 saturated carbocycles. The summed E-state index contributed by atoms with van der Waals surface area (Å²) in [7, 11) is 0. The lowest BCUT2D eigenvalue weighted by atomic mass is 10.2. The monoisotopic (exact) mass is 331 g/mol. The highest BCUT2D eigenvalue weighted by Gasteiger charge is 2.07. The van der Waals surface area contributed by atoms with E-state index in [4.69, 9.17) is 23.2 Å². The zero-order valence-corrected chi connectivity index (χ0v) is 11.9. The minimum atomic E-state index is 0.157. The van der Waals surface area contributed by atoms with Crippen molar-refractivity contribution in [2.75, 3.05) is 5.32 Å². The summed E-state index contributed by atoms with van der Waals surface area (Å²) >= 11 is 15.2. The Morgan fingerprint density at radius 3 is 2.82 bits per heavy atom. The minimum absolute atomic E-state index is 0.157. The zero-order valence-electron chi connectivity index (χ0n) is 8.84. The lowest BCUT2D eigenvalue weighted by molar-refractivity contribution is 1.16. The molecule has 0 amide bonds. The summed E-state index contributed by atoms with van der Waals surface area (Å²) in [4.78, 5) is 7.83. The fourth-order valence-corrected chi connectivity index (χ4v) is 1.94. The first-order chi connectivity index (χ1) is 8.08. The number of halogens is 3. The fraction of sp³-hybridized carbons (Fsp3) is 0.0909. The van der Waals surface area contributed by atoms with E-state index in [0.717, 1.165) is 15.7 Å². The van der Waals surface area contributed by atoms with E-state index in [-0.39, 0.29) is 5.28 Å². The second-order valence-corrected chi connectivity index (χ2v) is 4.97. The lowest BCUT2D eigenvalue weighted by Crippen LogP contribution is -1.98. The Morgan fingerprint density at radius 2 is 2.06 bits per heavy atom. The SMILES string of the molecule is Cc1c(Br)cccc1Nc1nc(Cl)ncc1Cl. The van der Waals surface area contributed by atoms with E-state index in [1.807, 2.05) is 25.1 Å². The summed E-state index contributed by atoms with van der Waals surface area (Å²) in [5.74, 6) is 0.493. The Kier molecular flexibility index (Phi) is 3.86. The number of nitrogens with zero attached hydrogens (tertiary/aromatic N) is 2. The first kappa shape index (κ1) is 12.6. The maximum Gasteiger partial charge on any atom is 0.224 e. The van der Waals surface area contributed by atoms with Crippen LogP contribution >= 0.6 is 39.1 Å². The normalized spacial score (nSPS) is 10.4. The maximum absolute atomic E-state index is 5.98.